The van der Waals surface area contributed by atoms with Crippen LogP contribution in [0.5, 0.6) is 0 Å². The van der Waals surface area contributed by atoms with Crippen molar-refractivity contribution >= 4 is 39.3 Å². The molecule has 1 aliphatic heterocycles. The Hall–Kier alpha value is -2.91. The second-order valence-electron chi connectivity index (χ2n) is 8.42. The Morgan fingerprint density at radius 2 is 1.77 bits per heavy atom. The lowest BCUT2D eigenvalue weighted by molar-refractivity contribution is -0.140. The van der Waals surface area contributed by atoms with Crippen molar-refractivity contribution in [2.75, 3.05) is 32.8 Å². The Bertz CT molecular complexity index is 1150. The minimum atomic E-state index is -0.751. The molecule has 188 valence electrons. The maximum absolute atomic E-state index is 13.3. The summed E-state index contributed by atoms with van der Waals surface area (Å²) in [7, 11) is 0. The number of ether oxygens (including phenoxy) is 1. The lowest BCUT2D eigenvalue weighted by Gasteiger charge is -2.28. The van der Waals surface area contributed by atoms with Crippen molar-refractivity contribution in [1.82, 2.24) is 14.8 Å². The van der Waals surface area contributed by atoms with Crippen LogP contribution in [0.15, 0.2) is 34.3 Å². The molecule has 1 aromatic carbocycles. The number of halogens is 1. The first-order valence-corrected chi connectivity index (χ1v) is 12.6. The predicted molar refractivity (Wildman–Crippen MR) is 137 cm³/mol. The van der Waals surface area contributed by atoms with Crippen LogP contribution in [0.3, 0.4) is 0 Å². The van der Waals surface area contributed by atoms with E-state index in [-0.39, 0.29) is 23.6 Å². The molecule has 0 saturated carbocycles. The average Bonchev–Trinajstić information content (AvgIpc) is 3.27. The number of carbonyl (C=O) groups excluding carboxylic acids is 3. The van der Waals surface area contributed by atoms with Gasteiger partial charge in [0.2, 0.25) is 0 Å². The maximum Gasteiger partial charge on any atom is 0.355 e. The molecule has 1 saturated heterocycles. The zero-order valence-corrected chi connectivity index (χ0v) is 22.4. The number of aryl methyl sites for hydroxylation is 1. The summed E-state index contributed by atoms with van der Waals surface area (Å²) in [6.07, 6.45) is 0. The zero-order chi connectivity index (χ0) is 25.9. The van der Waals surface area contributed by atoms with Gasteiger partial charge >= 0.3 is 5.97 Å². The summed E-state index contributed by atoms with van der Waals surface area (Å²) >= 11 is 3.43. The number of Topliss-reactive ketones (excluding diaryl/α,β-unsaturated/α-hetero) is 1. The number of rotatable bonds is 9. The summed E-state index contributed by atoms with van der Waals surface area (Å²) in [6.45, 7) is 12.0. The molecule has 1 aromatic heterocycles. The second kappa shape index (κ2) is 11.2. The molecule has 0 aliphatic carbocycles. The first-order valence-electron chi connectivity index (χ1n) is 11.8. The van der Waals surface area contributed by atoms with E-state index >= 15 is 0 Å². The van der Waals surface area contributed by atoms with Gasteiger partial charge in [0.15, 0.2) is 0 Å². The number of aliphatic hydroxyl groups is 1. The molecule has 35 heavy (non-hydrogen) atoms. The first-order chi connectivity index (χ1) is 16.7. The average molecular weight is 546 g/mol. The molecule has 2 heterocycles. The number of aromatic amines is 1. The predicted octanol–water partition coefficient (Wildman–Crippen LogP) is 4.33. The summed E-state index contributed by atoms with van der Waals surface area (Å²) in [5, 5.41) is 11.5. The molecule has 2 N–H and O–H groups in total. The molecule has 1 atom stereocenters. The van der Waals surface area contributed by atoms with Crippen LogP contribution in [0, 0.1) is 13.8 Å². The van der Waals surface area contributed by atoms with Gasteiger partial charge in [0.1, 0.15) is 11.5 Å². The number of carbonyl (C=O) groups is 3. The van der Waals surface area contributed by atoms with Crippen LogP contribution in [0.25, 0.3) is 5.76 Å². The van der Waals surface area contributed by atoms with E-state index in [1.165, 1.54) is 4.90 Å². The largest absolute Gasteiger partial charge is 0.507 e. The van der Waals surface area contributed by atoms with Crippen molar-refractivity contribution in [3.05, 3.63) is 62.4 Å². The third-order valence-corrected chi connectivity index (χ3v) is 6.96. The van der Waals surface area contributed by atoms with Crippen molar-refractivity contribution in [2.24, 2.45) is 0 Å². The Balaban J connectivity index is 2.16. The molecule has 0 bridgehead atoms. The molecule has 8 nitrogen and oxygen atoms in total. The van der Waals surface area contributed by atoms with Gasteiger partial charge in [0, 0.05) is 28.8 Å². The van der Waals surface area contributed by atoms with Crippen molar-refractivity contribution in [1.29, 1.82) is 0 Å². The second-order valence-corrected chi connectivity index (χ2v) is 9.33. The molecule has 0 radical (unpaired) electrons. The van der Waals surface area contributed by atoms with Crippen LogP contribution in [0.1, 0.15) is 59.7 Å². The molecule has 1 amide bonds. The fourth-order valence-electron chi connectivity index (χ4n) is 4.54. The van der Waals surface area contributed by atoms with E-state index in [0.717, 1.165) is 17.6 Å². The molecular weight excluding hydrogens is 514 g/mol. The van der Waals surface area contributed by atoms with Crippen LogP contribution >= 0.6 is 15.9 Å². The Kier molecular flexibility index (Phi) is 8.56. The number of likely N-dealkylation sites (tertiary alicyclic amines) is 1. The first kappa shape index (κ1) is 26.7. The van der Waals surface area contributed by atoms with E-state index < -0.39 is 23.7 Å². The summed E-state index contributed by atoms with van der Waals surface area (Å²) in [4.78, 5) is 45.5. The highest BCUT2D eigenvalue weighted by molar-refractivity contribution is 9.10. The summed E-state index contributed by atoms with van der Waals surface area (Å²) in [6, 6.07) is 6.59. The van der Waals surface area contributed by atoms with Crippen LogP contribution in [-0.4, -0.2) is 70.3 Å². The molecule has 1 aliphatic rings. The highest BCUT2D eigenvalue weighted by Crippen LogP contribution is 2.41. The quantitative estimate of drug-likeness (QED) is 0.210. The summed E-state index contributed by atoms with van der Waals surface area (Å²) < 4.78 is 5.97. The van der Waals surface area contributed by atoms with Gasteiger partial charge in [0.25, 0.3) is 11.7 Å². The lowest BCUT2D eigenvalue weighted by atomic mass is 9.94. The number of hydrogen-bond donors (Lipinski definition) is 2. The molecule has 3 rings (SSSR count). The van der Waals surface area contributed by atoms with E-state index in [4.69, 9.17) is 4.74 Å². The minimum absolute atomic E-state index is 0.0116. The zero-order valence-electron chi connectivity index (χ0n) is 20.8. The number of benzene rings is 1. The topological polar surface area (TPSA) is 103 Å². The summed E-state index contributed by atoms with van der Waals surface area (Å²) in [5.74, 6) is -2.24. The van der Waals surface area contributed by atoms with Crippen LogP contribution in [0.4, 0.5) is 0 Å². The standard InChI is InChI=1S/C26H32BrN3O5/c1-6-29(7-2)13-14-30-22(17-9-11-18(27)12-10-17)20(24(32)25(30)33)23(31)19-15(4)21(28-16(19)5)26(34)35-8-3/h9-12,22,28,31H,6-8,13-14H2,1-5H3. The number of ketones is 1. The van der Waals surface area contributed by atoms with Gasteiger partial charge in [-0.15, -0.1) is 0 Å². The Morgan fingerprint density at radius 1 is 1.14 bits per heavy atom. The number of likely N-dealkylation sites (N-methyl/N-ethyl adjacent to an activating group) is 1. The minimum Gasteiger partial charge on any atom is -0.507 e. The van der Waals surface area contributed by atoms with Crippen LogP contribution in [-0.2, 0) is 14.3 Å². The molecule has 2 aromatic rings. The highest BCUT2D eigenvalue weighted by atomic mass is 79.9. The molecule has 1 fully saturated rings. The third-order valence-electron chi connectivity index (χ3n) is 6.43. The SMILES string of the molecule is CCOC(=O)c1[nH]c(C)c(C(O)=C2C(=O)C(=O)N(CCN(CC)CC)C2c2ccc(Br)cc2)c1C. The van der Waals surface area contributed by atoms with E-state index in [0.29, 0.717) is 35.5 Å². The van der Waals surface area contributed by atoms with E-state index in [1.54, 1.807) is 20.8 Å². The number of H-pyrrole nitrogens is 1. The monoisotopic (exact) mass is 545 g/mol. The number of amides is 1. The van der Waals surface area contributed by atoms with Crippen molar-refractivity contribution < 1.29 is 24.2 Å². The van der Waals surface area contributed by atoms with Crippen LogP contribution in [0.2, 0.25) is 0 Å². The molecule has 0 spiro atoms. The lowest BCUT2D eigenvalue weighted by Crippen LogP contribution is -2.38. The van der Waals surface area contributed by atoms with Gasteiger partial charge in [-0.3, -0.25) is 9.59 Å². The van der Waals surface area contributed by atoms with Crippen molar-refractivity contribution in [3.8, 4) is 0 Å². The van der Waals surface area contributed by atoms with Gasteiger partial charge in [-0.25, -0.2) is 4.79 Å². The fourth-order valence-corrected chi connectivity index (χ4v) is 4.80. The fraction of sp³-hybridized carbons (Fsp3) is 0.423. The van der Waals surface area contributed by atoms with Gasteiger partial charge in [-0.2, -0.15) is 0 Å². The Morgan fingerprint density at radius 3 is 2.34 bits per heavy atom. The maximum atomic E-state index is 13.3. The number of aliphatic hydroxyl groups excluding tert-OH is 1. The number of aromatic nitrogens is 1. The van der Waals surface area contributed by atoms with E-state index in [9.17, 15) is 19.5 Å². The third kappa shape index (κ3) is 5.21. The molecular formula is C26H32BrN3O5. The molecule has 1 unspecified atom stereocenters. The Labute approximate surface area is 214 Å². The highest BCUT2D eigenvalue weighted by Gasteiger charge is 2.46. The van der Waals surface area contributed by atoms with Gasteiger partial charge < -0.3 is 24.6 Å². The molecule has 9 heteroatoms. The number of nitrogens with one attached hydrogen (secondary N) is 1. The van der Waals surface area contributed by atoms with Crippen molar-refractivity contribution in [2.45, 2.75) is 40.7 Å². The summed E-state index contributed by atoms with van der Waals surface area (Å²) in [5.41, 5.74) is 2.23. The van der Waals surface area contributed by atoms with Gasteiger partial charge in [-0.1, -0.05) is 41.9 Å². The van der Waals surface area contributed by atoms with E-state index in [2.05, 4.69) is 25.8 Å². The van der Waals surface area contributed by atoms with Gasteiger partial charge in [0.05, 0.1) is 18.2 Å². The van der Waals surface area contributed by atoms with Gasteiger partial charge in [-0.05, 0) is 57.1 Å². The number of hydrogen-bond acceptors (Lipinski definition) is 6. The van der Waals surface area contributed by atoms with E-state index in [1.807, 2.05) is 38.1 Å². The number of nitrogens with zero attached hydrogens (tertiary/aromatic N) is 2. The van der Waals surface area contributed by atoms with Crippen LogP contribution < -0.4 is 0 Å². The number of esters is 1. The van der Waals surface area contributed by atoms with Crippen molar-refractivity contribution in [3.63, 3.8) is 0 Å². The smallest absolute Gasteiger partial charge is 0.355 e. The normalized spacial score (nSPS) is 17.5.